The summed E-state index contributed by atoms with van der Waals surface area (Å²) in [7, 11) is 0. The van der Waals surface area contributed by atoms with E-state index in [9.17, 15) is 31.5 Å². The Hall–Kier alpha value is -6.66. The molecule has 1 N–H and O–H groups in total. The standard InChI is InChI=1S/C44H32F12N6O/c1-24-5-13-31(14-6-24)39(41(45,46)47,42(48,49)50)33-17-9-29(10-18-33)37-59-60-38(62(37)63)30-11-19-34(20-12-30)40(43(51,52)53,44(54,55)56)32-15-7-28(8-16-32)36-58-57-27(4)61(36)35-22-25(2)21-26(3)23-35/h5-23,63H,1-4H3. The van der Waals surface area contributed by atoms with Gasteiger partial charge in [-0.25, -0.2) is 0 Å². The average molecular weight is 889 g/mol. The van der Waals surface area contributed by atoms with Gasteiger partial charge in [0.05, 0.1) is 0 Å². The first-order valence-electron chi connectivity index (χ1n) is 18.6. The van der Waals surface area contributed by atoms with Crippen molar-refractivity contribution in [1.29, 1.82) is 0 Å². The molecule has 0 spiro atoms. The second-order valence-corrected chi connectivity index (χ2v) is 15.0. The van der Waals surface area contributed by atoms with E-state index in [2.05, 4.69) is 20.4 Å². The average Bonchev–Trinajstić information content (AvgIpc) is 3.76. The maximum absolute atomic E-state index is 15.1. The first kappa shape index (κ1) is 44.4. The number of halogens is 12. The number of benzene rings is 5. The van der Waals surface area contributed by atoms with Crippen LogP contribution < -0.4 is 0 Å². The summed E-state index contributed by atoms with van der Waals surface area (Å²) in [6, 6.07) is 18.2. The van der Waals surface area contributed by atoms with Gasteiger partial charge in [0.2, 0.25) is 10.8 Å². The van der Waals surface area contributed by atoms with Crippen molar-refractivity contribution in [2.45, 2.75) is 63.2 Å². The molecule has 2 aromatic heterocycles. The molecule has 19 heteroatoms. The largest absolute Gasteiger partial charge is 0.425 e. The minimum absolute atomic E-state index is 0.166. The Morgan fingerprint density at radius 2 is 0.683 bits per heavy atom. The molecule has 0 aliphatic rings. The maximum atomic E-state index is 15.1. The molecule has 0 amide bonds. The van der Waals surface area contributed by atoms with Crippen LogP contribution in [0.15, 0.2) is 115 Å². The van der Waals surface area contributed by atoms with Gasteiger partial charge < -0.3 is 5.21 Å². The molecule has 2 heterocycles. The molecule has 0 radical (unpaired) electrons. The summed E-state index contributed by atoms with van der Waals surface area (Å²) >= 11 is 0. The van der Waals surface area contributed by atoms with Gasteiger partial charge in [0.15, 0.2) is 17.5 Å². The van der Waals surface area contributed by atoms with Crippen molar-refractivity contribution >= 4 is 0 Å². The Labute approximate surface area is 350 Å². The van der Waals surface area contributed by atoms with E-state index in [4.69, 9.17) is 0 Å². The molecule has 0 fully saturated rings. The predicted octanol–water partition coefficient (Wildman–Crippen LogP) is 12.2. The Morgan fingerprint density at radius 1 is 0.381 bits per heavy atom. The highest BCUT2D eigenvalue weighted by Gasteiger charge is 2.73. The molecule has 0 aliphatic carbocycles. The van der Waals surface area contributed by atoms with Crippen LogP contribution >= 0.6 is 0 Å². The number of aryl methyl sites for hydroxylation is 4. The number of nitrogens with zero attached hydrogens (tertiary/aromatic N) is 6. The highest BCUT2D eigenvalue weighted by Crippen LogP contribution is 2.58. The van der Waals surface area contributed by atoms with E-state index < -0.39 is 69.4 Å². The van der Waals surface area contributed by atoms with Gasteiger partial charge >= 0.3 is 24.7 Å². The van der Waals surface area contributed by atoms with Gasteiger partial charge in [-0.3, -0.25) is 4.57 Å². The number of hydrogen-bond donors (Lipinski definition) is 1. The quantitative estimate of drug-likeness (QED) is 0.121. The topological polar surface area (TPSA) is 81.7 Å². The molecule has 63 heavy (non-hydrogen) atoms. The summed E-state index contributed by atoms with van der Waals surface area (Å²) in [6.07, 6.45) is -23.7. The molecule has 0 saturated heterocycles. The number of hydrogen-bond acceptors (Lipinski definition) is 5. The first-order chi connectivity index (χ1) is 29.3. The zero-order valence-corrected chi connectivity index (χ0v) is 33.1. The fourth-order valence-electron chi connectivity index (χ4n) is 7.95. The third-order valence-electron chi connectivity index (χ3n) is 10.8. The summed E-state index contributed by atoms with van der Waals surface area (Å²) < 4.78 is 180. The summed E-state index contributed by atoms with van der Waals surface area (Å²) in [4.78, 5) is 0. The lowest BCUT2D eigenvalue weighted by atomic mass is 9.72. The van der Waals surface area contributed by atoms with Crippen molar-refractivity contribution in [2.24, 2.45) is 0 Å². The van der Waals surface area contributed by atoms with Crippen LogP contribution in [0.2, 0.25) is 0 Å². The van der Waals surface area contributed by atoms with Gasteiger partial charge in [0.1, 0.15) is 5.82 Å². The van der Waals surface area contributed by atoms with Gasteiger partial charge in [-0.1, -0.05) is 109 Å². The van der Waals surface area contributed by atoms with E-state index in [0.717, 1.165) is 71.8 Å². The molecule has 0 aliphatic heterocycles. The molecule has 0 unspecified atom stereocenters. The maximum Gasteiger partial charge on any atom is 0.411 e. The van der Waals surface area contributed by atoms with Crippen molar-refractivity contribution in [1.82, 2.24) is 29.7 Å². The fraction of sp³-hybridized carbons (Fsp3) is 0.227. The number of rotatable bonds is 8. The highest BCUT2D eigenvalue weighted by molar-refractivity contribution is 5.65. The van der Waals surface area contributed by atoms with E-state index in [1.807, 2.05) is 32.0 Å². The van der Waals surface area contributed by atoms with E-state index in [1.54, 1.807) is 11.5 Å². The van der Waals surface area contributed by atoms with Crippen LogP contribution in [0.5, 0.6) is 0 Å². The Morgan fingerprint density at radius 3 is 1.02 bits per heavy atom. The normalized spacial score (nSPS) is 13.1. The van der Waals surface area contributed by atoms with Gasteiger partial charge in [-0.2, -0.15) is 52.7 Å². The fourth-order valence-corrected chi connectivity index (χ4v) is 7.95. The van der Waals surface area contributed by atoms with Crippen LogP contribution in [0, 0.1) is 27.7 Å². The van der Waals surface area contributed by atoms with Gasteiger partial charge in [0.25, 0.3) is 0 Å². The number of aromatic nitrogens is 6. The molecule has 7 rings (SSSR count). The van der Waals surface area contributed by atoms with Crippen molar-refractivity contribution in [3.8, 4) is 39.9 Å². The van der Waals surface area contributed by atoms with E-state index >= 15 is 26.3 Å². The molecular weight excluding hydrogens is 857 g/mol. The monoisotopic (exact) mass is 888 g/mol. The zero-order valence-electron chi connectivity index (χ0n) is 33.1. The lowest BCUT2D eigenvalue weighted by Gasteiger charge is -2.38. The Balaban J connectivity index is 1.24. The predicted molar refractivity (Wildman–Crippen MR) is 206 cm³/mol. The van der Waals surface area contributed by atoms with Crippen LogP contribution in [0.3, 0.4) is 0 Å². The molecule has 0 saturated carbocycles. The summed E-state index contributed by atoms with van der Waals surface area (Å²) in [5.74, 6) is -0.476. The minimum Gasteiger partial charge on any atom is -0.425 e. The molecule has 5 aromatic carbocycles. The summed E-state index contributed by atoms with van der Waals surface area (Å²) in [6.45, 7) is 6.83. The highest BCUT2D eigenvalue weighted by atomic mass is 19.4. The van der Waals surface area contributed by atoms with E-state index in [-0.39, 0.29) is 27.2 Å². The second kappa shape index (κ2) is 15.3. The third kappa shape index (κ3) is 7.25. The molecular formula is C44H32F12N6O. The molecule has 7 aromatic rings. The van der Waals surface area contributed by atoms with Gasteiger partial charge in [-0.15, -0.1) is 25.1 Å². The van der Waals surface area contributed by atoms with Crippen molar-refractivity contribution < 1.29 is 57.9 Å². The second-order valence-electron chi connectivity index (χ2n) is 15.0. The number of alkyl halides is 12. The third-order valence-corrected chi connectivity index (χ3v) is 10.8. The Kier molecular flexibility index (Phi) is 10.8. The molecule has 7 nitrogen and oxygen atoms in total. The molecule has 0 atom stereocenters. The smallest absolute Gasteiger partial charge is 0.411 e. The van der Waals surface area contributed by atoms with E-state index in [0.29, 0.717) is 53.5 Å². The summed E-state index contributed by atoms with van der Waals surface area (Å²) in [5.41, 5.74) is -11.3. The van der Waals surface area contributed by atoms with Crippen LogP contribution in [0.4, 0.5) is 52.7 Å². The molecule has 328 valence electrons. The summed E-state index contributed by atoms with van der Waals surface area (Å²) in [5, 5.41) is 26.7. The van der Waals surface area contributed by atoms with Crippen LogP contribution in [-0.4, -0.2) is 59.6 Å². The zero-order chi connectivity index (χ0) is 46.1. The van der Waals surface area contributed by atoms with E-state index in [1.165, 1.54) is 6.92 Å². The first-order valence-corrected chi connectivity index (χ1v) is 18.6. The van der Waals surface area contributed by atoms with Crippen LogP contribution in [0.1, 0.15) is 44.8 Å². The van der Waals surface area contributed by atoms with Gasteiger partial charge in [-0.05, 0) is 73.2 Å². The van der Waals surface area contributed by atoms with Crippen LogP contribution in [0.25, 0.3) is 39.9 Å². The molecule has 0 bridgehead atoms. The van der Waals surface area contributed by atoms with Crippen molar-refractivity contribution in [3.05, 3.63) is 160 Å². The lowest BCUT2D eigenvalue weighted by molar-refractivity contribution is -0.290. The lowest BCUT2D eigenvalue weighted by Crippen LogP contribution is -2.54. The van der Waals surface area contributed by atoms with Crippen LogP contribution in [-0.2, 0) is 10.8 Å². The minimum atomic E-state index is -5.96. The SMILES string of the molecule is Cc1ccc(C(c2ccc(-c3nnc(-c4ccc(C(c5ccc(-c6nnc(C)n6-c6cc(C)cc(C)c6)cc5)(C(F)(F)F)C(F)(F)F)cc4)n3O)cc2)(C(F)(F)F)C(F)(F)F)cc1. The Bertz CT molecular complexity index is 2720. The van der Waals surface area contributed by atoms with Crippen molar-refractivity contribution in [3.63, 3.8) is 0 Å². The van der Waals surface area contributed by atoms with Crippen molar-refractivity contribution in [2.75, 3.05) is 0 Å². The van der Waals surface area contributed by atoms with Gasteiger partial charge in [0, 0.05) is 22.4 Å².